The van der Waals surface area contributed by atoms with Crippen LogP contribution in [0.15, 0.2) is 24.3 Å². The van der Waals surface area contributed by atoms with Gasteiger partial charge in [-0.3, -0.25) is 0 Å². The lowest BCUT2D eigenvalue weighted by Gasteiger charge is -2.19. The summed E-state index contributed by atoms with van der Waals surface area (Å²) >= 11 is 0. The highest BCUT2D eigenvalue weighted by Crippen LogP contribution is 2.21. The van der Waals surface area contributed by atoms with Gasteiger partial charge in [-0.2, -0.15) is 0 Å². The highest BCUT2D eigenvalue weighted by Gasteiger charge is 2.21. The molecule has 1 saturated heterocycles. The second-order valence-corrected chi connectivity index (χ2v) is 5.26. The fourth-order valence-corrected chi connectivity index (χ4v) is 2.70. The maximum Gasteiger partial charge on any atom is 0.0366 e. The summed E-state index contributed by atoms with van der Waals surface area (Å²) in [6.07, 6.45) is 5.06. The number of nitrogens with zero attached hydrogens (tertiary/aromatic N) is 1. The normalized spacial score (nSPS) is 19.4. The number of anilines is 1. The predicted octanol–water partition coefficient (Wildman–Crippen LogP) is 3.22. The van der Waals surface area contributed by atoms with Gasteiger partial charge in [0.15, 0.2) is 0 Å². The number of aryl methyl sites for hydroxylation is 1. The smallest absolute Gasteiger partial charge is 0.0366 e. The minimum absolute atomic E-state index is 0.676. The van der Waals surface area contributed by atoms with E-state index in [0.29, 0.717) is 6.04 Å². The Morgan fingerprint density at radius 3 is 2.67 bits per heavy atom. The minimum atomic E-state index is 0.676. The zero-order valence-corrected chi connectivity index (χ0v) is 11.8. The maximum atomic E-state index is 3.54. The van der Waals surface area contributed by atoms with Gasteiger partial charge in [-0.05, 0) is 43.5 Å². The molecule has 1 aliphatic rings. The van der Waals surface area contributed by atoms with Crippen LogP contribution < -0.4 is 10.2 Å². The van der Waals surface area contributed by atoms with E-state index in [1.165, 1.54) is 43.5 Å². The van der Waals surface area contributed by atoms with Crippen LogP contribution in [0.1, 0.15) is 38.7 Å². The lowest BCUT2D eigenvalue weighted by atomic mass is 10.1. The summed E-state index contributed by atoms with van der Waals surface area (Å²) in [5.41, 5.74) is 2.86. The van der Waals surface area contributed by atoms with E-state index in [-0.39, 0.29) is 0 Å². The summed E-state index contributed by atoms with van der Waals surface area (Å²) < 4.78 is 0. The molecule has 0 saturated carbocycles. The van der Waals surface area contributed by atoms with Crippen LogP contribution in [0.4, 0.5) is 5.69 Å². The molecule has 0 radical (unpaired) electrons. The SMILES string of the molecule is CCCCc1ccc(N2CCC(NCC)C2)cc1. The van der Waals surface area contributed by atoms with E-state index in [9.17, 15) is 0 Å². The van der Waals surface area contributed by atoms with E-state index in [2.05, 4.69) is 48.3 Å². The van der Waals surface area contributed by atoms with Crippen molar-refractivity contribution in [1.29, 1.82) is 0 Å². The predicted molar refractivity (Wildman–Crippen MR) is 79.3 cm³/mol. The molecule has 1 aromatic rings. The molecule has 2 heteroatoms. The van der Waals surface area contributed by atoms with Crippen LogP contribution in [0, 0.1) is 0 Å². The standard InChI is InChI=1S/C16H26N2/c1-3-5-6-14-7-9-16(10-8-14)18-12-11-15(13-18)17-4-2/h7-10,15,17H,3-6,11-13H2,1-2H3. The summed E-state index contributed by atoms with van der Waals surface area (Å²) in [5.74, 6) is 0. The van der Waals surface area contributed by atoms with Crippen LogP contribution in [0.2, 0.25) is 0 Å². The van der Waals surface area contributed by atoms with E-state index in [4.69, 9.17) is 0 Å². The van der Waals surface area contributed by atoms with Gasteiger partial charge in [0.2, 0.25) is 0 Å². The van der Waals surface area contributed by atoms with E-state index in [0.717, 1.165) is 13.1 Å². The Morgan fingerprint density at radius 2 is 2.00 bits per heavy atom. The van der Waals surface area contributed by atoms with Crippen LogP contribution >= 0.6 is 0 Å². The molecule has 1 unspecified atom stereocenters. The molecule has 0 spiro atoms. The molecule has 1 aromatic carbocycles. The van der Waals surface area contributed by atoms with E-state index in [1.807, 2.05) is 0 Å². The second kappa shape index (κ2) is 6.79. The molecule has 0 bridgehead atoms. The molecule has 1 atom stereocenters. The number of hydrogen-bond donors (Lipinski definition) is 1. The highest BCUT2D eigenvalue weighted by atomic mass is 15.2. The van der Waals surface area contributed by atoms with Gasteiger partial charge in [-0.25, -0.2) is 0 Å². The van der Waals surface area contributed by atoms with Crippen molar-refractivity contribution in [1.82, 2.24) is 5.32 Å². The molecule has 1 heterocycles. The Hall–Kier alpha value is -1.02. The Labute approximate surface area is 111 Å². The Morgan fingerprint density at radius 1 is 1.22 bits per heavy atom. The molecule has 0 amide bonds. The molecule has 1 aliphatic heterocycles. The van der Waals surface area contributed by atoms with Gasteiger partial charge in [0.25, 0.3) is 0 Å². The van der Waals surface area contributed by atoms with Gasteiger partial charge in [-0.15, -0.1) is 0 Å². The Kier molecular flexibility index (Phi) is 5.06. The lowest BCUT2D eigenvalue weighted by molar-refractivity contribution is 0.572. The van der Waals surface area contributed by atoms with Crippen molar-refractivity contribution in [2.24, 2.45) is 0 Å². The van der Waals surface area contributed by atoms with Gasteiger partial charge in [-0.1, -0.05) is 32.4 Å². The summed E-state index contributed by atoms with van der Waals surface area (Å²) in [6.45, 7) is 7.85. The average molecular weight is 246 g/mol. The van der Waals surface area contributed by atoms with Crippen molar-refractivity contribution in [3.8, 4) is 0 Å². The van der Waals surface area contributed by atoms with Crippen molar-refractivity contribution in [2.75, 3.05) is 24.5 Å². The van der Waals surface area contributed by atoms with Crippen LogP contribution in [0.3, 0.4) is 0 Å². The summed E-state index contributed by atoms with van der Waals surface area (Å²) in [7, 11) is 0. The number of unbranched alkanes of at least 4 members (excludes halogenated alkanes) is 1. The quantitative estimate of drug-likeness (QED) is 0.829. The second-order valence-electron chi connectivity index (χ2n) is 5.26. The number of benzene rings is 1. The fraction of sp³-hybridized carbons (Fsp3) is 0.625. The van der Waals surface area contributed by atoms with Gasteiger partial charge in [0, 0.05) is 24.8 Å². The lowest BCUT2D eigenvalue weighted by Crippen LogP contribution is -2.32. The maximum absolute atomic E-state index is 3.54. The first-order valence-electron chi connectivity index (χ1n) is 7.40. The molecular formula is C16H26N2. The minimum Gasteiger partial charge on any atom is -0.370 e. The molecule has 1 fully saturated rings. The summed E-state index contributed by atoms with van der Waals surface area (Å²) in [4.78, 5) is 2.50. The zero-order valence-electron chi connectivity index (χ0n) is 11.8. The Bertz CT molecular complexity index is 345. The van der Waals surface area contributed by atoms with Crippen LogP contribution in [0.5, 0.6) is 0 Å². The van der Waals surface area contributed by atoms with E-state index >= 15 is 0 Å². The molecule has 0 aromatic heterocycles. The first kappa shape index (κ1) is 13.4. The van der Waals surface area contributed by atoms with Crippen molar-refractivity contribution in [3.63, 3.8) is 0 Å². The number of nitrogens with one attached hydrogen (secondary N) is 1. The molecular weight excluding hydrogens is 220 g/mol. The monoisotopic (exact) mass is 246 g/mol. The Balaban J connectivity index is 1.90. The average Bonchev–Trinajstić information content (AvgIpc) is 2.86. The third kappa shape index (κ3) is 3.49. The third-order valence-electron chi connectivity index (χ3n) is 3.80. The van der Waals surface area contributed by atoms with Gasteiger partial charge >= 0.3 is 0 Å². The highest BCUT2D eigenvalue weighted by molar-refractivity contribution is 5.48. The van der Waals surface area contributed by atoms with Crippen LogP contribution in [-0.4, -0.2) is 25.7 Å². The fourth-order valence-electron chi connectivity index (χ4n) is 2.70. The first-order valence-corrected chi connectivity index (χ1v) is 7.40. The molecule has 1 N–H and O–H groups in total. The van der Waals surface area contributed by atoms with E-state index < -0.39 is 0 Å². The number of rotatable bonds is 6. The molecule has 2 nitrogen and oxygen atoms in total. The van der Waals surface area contributed by atoms with Crippen LogP contribution in [-0.2, 0) is 6.42 Å². The van der Waals surface area contributed by atoms with Gasteiger partial charge in [0.1, 0.15) is 0 Å². The number of hydrogen-bond acceptors (Lipinski definition) is 2. The third-order valence-corrected chi connectivity index (χ3v) is 3.80. The molecule has 18 heavy (non-hydrogen) atoms. The zero-order chi connectivity index (χ0) is 12.8. The van der Waals surface area contributed by atoms with Crippen molar-refractivity contribution < 1.29 is 0 Å². The summed E-state index contributed by atoms with van der Waals surface area (Å²) in [5, 5.41) is 3.54. The first-order chi connectivity index (χ1) is 8.83. The van der Waals surface area contributed by atoms with Crippen LogP contribution in [0.25, 0.3) is 0 Å². The van der Waals surface area contributed by atoms with Gasteiger partial charge in [0.05, 0.1) is 0 Å². The van der Waals surface area contributed by atoms with Crippen molar-refractivity contribution in [3.05, 3.63) is 29.8 Å². The summed E-state index contributed by atoms with van der Waals surface area (Å²) in [6, 6.07) is 9.85. The molecule has 100 valence electrons. The largest absolute Gasteiger partial charge is 0.370 e. The molecule has 0 aliphatic carbocycles. The van der Waals surface area contributed by atoms with Gasteiger partial charge < -0.3 is 10.2 Å². The number of likely N-dealkylation sites (N-methyl/N-ethyl adjacent to an activating group) is 1. The molecule has 2 rings (SSSR count). The topological polar surface area (TPSA) is 15.3 Å². The van der Waals surface area contributed by atoms with E-state index in [1.54, 1.807) is 0 Å². The van der Waals surface area contributed by atoms with Crippen molar-refractivity contribution >= 4 is 5.69 Å². The van der Waals surface area contributed by atoms with Crippen molar-refractivity contribution in [2.45, 2.75) is 45.6 Å².